The number of aromatic nitrogens is 3. The van der Waals surface area contributed by atoms with Crippen LogP contribution in [0.4, 0.5) is 18.9 Å². The summed E-state index contributed by atoms with van der Waals surface area (Å²) in [4.78, 5) is 13.3. The first-order valence-electron chi connectivity index (χ1n) is 10.7. The second kappa shape index (κ2) is 8.68. The third-order valence-corrected chi connectivity index (χ3v) is 7.10. The number of thioether (sulfide) groups is 1. The maximum Gasteiger partial charge on any atom is 0.418 e. The molecule has 2 aliphatic carbocycles. The molecule has 1 heterocycles. The van der Waals surface area contributed by atoms with Crippen molar-refractivity contribution in [2.45, 2.75) is 54.2 Å². The lowest BCUT2D eigenvalue weighted by Gasteiger charge is -2.19. The van der Waals surface area contributed by atoms with Gasteiger partial charge in [-0.1, -0.05) is 53.7 Å². The van der Waals surface area contributed by atoms with Gasteiger partial charge in [-0.2, -0.15) is 13.2 Å². The number of anilines is 1. The lowest BCUT2D eigenvalue weighted by atomic mass is 10.1. The van der Waals surface area contributed by atoms with E-state index in [1.54, 1.807) is 24.3 Å². The molecule has 0 aliphatic heterocycles. The molecule has 0 saturated heterocycles. The lowest BCUT2D eigenvalue weighted by Crippen LogP contribution is -2.22. The van der Waals surface area contributed by atoms with Gasteiger partial charge in [0.05, 0.1) is 11.3 Å². The number of hydrogen-bond acceptors (Lipinski definition) is 4. The minimum atomic E-state index is -4.66. The maximum absolute atomic E-state index is 13.5. The van der Waals surface area contributed by atoms with Gasteiger partial charge in [0.25, 0.3) is 0 Å². The van der Waals surface area contributed by atoms with Crippen molar-refractivity contribution in [1.29, 1.82) is 0 Å². The highest BCUT2D eigenvalue weighted by atomic mass is 35.5. The molecule has 0 unspecified atom stereocenters. The van der Waals surface area contributed by atoms with E-state index in [4.69, 9.17) is 11.6 Å². The molecule has 3 aromatic rings. The minimum absolute atomic E-state index is 0.0561. The molecule has 10 heteroatoms. The van der Waals surface area contributed by atoms with Crippen LogP contribution in [0.1, 0.15) is 59.8 Å². The number of nitrogens with one attached hydrogen (secondary N) is 1. The third kappa shape index (κ3) is 4.89. The summed E-state index contributed by atoms with van der Waals surface area (Å²) in [6.45, 7) is 0. The van der Waals surface area contributed by atoms with Gasteiger partial charge in [-0.25, -0.2) is 0 Å². The van der Waals surface area contributed by atoms with Crippen LogP contribution in [0.5, 0.6) is 0 Å². The summed E-state index contributed by atoms with van der Waals surface area (Å²) >= 11 is 6.99. The Kier molecular flexibility index (Phi) is 5.86. The van der Waals surface area contributed by atoms with Crippen LogP contribution in [0.15, 0.2) is 53.7 Å². The quantitative estimate of drug-likeness (QED) is 0.376. The van der Waals surface area contributed by atoms with Crippen LogP contribution in [-0.4, -0.2) is 20.7 Å². The molecule has 2 aliphatic rings. The Bertz CT molecular complexity index is 1180. The van der Waals surface area contributed by atoms with Crippen LogP contribution in [0.3, 0.4) is 0 Å². The summed E-state index contributed by atoms with van der Waals surface area (Å²) < 4.78 is 42.8. The molecular formula is C23H20ClF3N4OS. The Morgan fingerprint density at radius 2 is 1.82 bits per heavy atom. The second-order valence-electron chi connectivity index (χ2n) is 8.30. The summed E-state index contributed by atoms with van der Waals surface area (Å²) in [7, 11) is 0. The van der Waals surface area contributed by atoms with Gasteiger partial charge in [0.1, 0.15) is 11.1 Å². The van der Waals surface area contributed by atoms with E-state index in [1.165, 1.54) is 23.9 Å². The van der Waals surface area contributed by atoms with Crippen molar-refractivity contribution in [3.63, 3.8) is 0 Å². The predicted octanol–water partition coefficient (Wildman–Crippen LogP) is 6.63. The zero-order chi connectivity index (χ0) is 23.2. The number of rotatable bonds is 7. The van der Waals surface area contributed by atoms with Crippen molar-refractivity contribution in [2.75, 3.05) is 5.32 Å². The van der Waals surface area contributed by atoms with Crippen molar-refractivity contribution in [3.8, 4) is 0 Å². The number of hydrogen-bond donors (Lipinski definition) is 1. The molecule has 0 spiro atoms. The fourth-order valence-electron chi connectivity index (χ4n) is 3.73. The van der Waals surface area contributed by atoms with Gasteiger partial charge in [-0.3, -0.25) is 4.79 Å². The molecule has 5 nitrogen and oxygen atoms in total. The number of alkyl halides is 3. The van der Waals surface area contributed by atoms with E-state index in [0.717, 1.165) is 37.6 Å². The molecule has 1 N–H and O–H groups in total. The Labute approximate surface area is 197 Å². The molecule has 5 rings (SSSR count). The van der Waals surface area contributed by atoms with E-state index in [-0.39, 0.29) is 10.7 Å². The molecule has 0 bridgehead atoms. The van der Waals surface area contributed by atoms with Crippen LogP contribution >= 0.6 is 23.4 Å². The Balaban J connectivity index is 1.47. The Hall–Kier alpha value is -2.52. The van der Waals surface area contributed by atoms with E-state index in [9.17, 15) is 18.0 Å². The van der Waals surface area contributed by atoms with Crippen molar-refractivity contribution in [3.05, 3.63) is 70.5 Å². The molecule has 2 saturated carbocycles. The highest BCUT2D eigenvalue weighted by Gasteiger charge is 2.38. The maximum atomic E-state index is 13.5. The minimum Gasteiger partial charge on any atom is -0.324 e. The molecule has 1 aromatic heterocycles. The number of carbonyl (C=O) groups is 1. The summed E-state index contributed by atoms with van der Waals surface area (Å²) in [6.07, 6.45) is -0.432. The Morgan fingerprint density at radius 3 is 2.45 bits per heavy atom. The van der Waals surface area contributed by atoms with Gasteiger partial charge >= 0.3 is 6.18 Å². The molecule has 2 aromatic carbocycles. The van der Waals surface area contributed by atoms with Crippen molar-refractivity contribution in [1.82, 2.24) is 14.8 Å². The lowest BCUT2D eigenvalue weighted by molar-refractivity contribution is -0.137. The van der Waals surface area contributed by atoms with Crippen molar-refractivity contribution < 1.29 is 18.0 Å². The zero-order valence-electron chi connectivity index (χ0n) is 17.3. The Morgan fingerprint density at radius 1 is 1.09 bits per heavy atom. The van der Waals surface area contributed by atoms with E-state index in [1.807, 2.05) is 6.07 Å². The van der Waals surface area contributed by atoms with Gasteiger partial charge in [-0.15, -0.1) is 10.2 Å². The van der Waals surface area contributed by atoms with E-state index < -0.39 is 22.9 Å². The number of carbonyl (C=O) groups excluding carboxylic acids is 1. The van der Waals surface area contributed by atoms with Crippen LogP contribution in [0.25, 0.3) is 0 Å². The van der Waals surface area contributed by atoms with Gasteiger partial charge in [0.15, 0.2) is 5.16 Å². The first-order valence-corrected chi connectivity index (χ1v) is 11.9. The van der Waals surface area contributed by atoms with Crippen LogP contribution in [0, 0.1) is 0 Å². The monoisotopic (exact) mass is 492 g/mol. The summed E-state index contributed by atoms with van der Waals surface area (Å²) in [6, 6.07) is 12.6. The summed E-state index contributed by atoms with van der Waals surface area (Å²) in [5.74, 6) is 0.779. The number of halogens is 4. The topological polar surface area (TPSA) is 59.8 Å². The molecule has 1 amide bonds. The molecule has 2 fully saturated rings. The summed E-state index contributed by atoms with van der Waals surface area (Å²) in [5.41, 5.74) is -0.654. The number of benzene rings is 2. The van der Waals surface area contributed by atoms with Gasteiger partial charge in [0.2, 0.25) is 5.91 Å². The zero-order valence-corrected chi connectivity index (χ0v) is 18.9. The number of nitrogens with zero attached hydrogens (tertiary/aromatic N) is 3. The normalized spacial score (nSPS) is 17.1. The van der Waals surface area contributed by atoms with E-state index in [2.05, 4.69) is 20.1 Å². The summed E-state index contributed by atoms with van der Waals surface area (Å²) in [5, 5.41) is 11.0. The van der Waals surface area contributed by atoms with Crippen LogP contribution in [0.2, 0.25) is 5.02 Å². The van der Waals surface area contributed by atoms with Crippen molar-refractivity contribution in [2.24, 2.45) is 0 Å². The first-order chi connectivity index (χ1) is 15.8. The average Bonchev–Trinajstić information content (AvgIpc) is 3.72. The first kappa shape index (κ1) is 22.3. The molecule has 33 heavy (non-hydrogen) atoms. The fourth-order valence-corrected chi connectivity index (χ4v) is 5.02. The van der Waals surface area contributed by atoms with E-state index in [0.29, 0.717) is 22.7 Å². The van der Waals surface area contributed by atoms with Crippen molar-refractivity contribution >= 4 is 35.0 Å². The fraction of sp³-hybridized carbons (Fsp3) is 0.348. The molecule has 1 atom stereocenters. The average molecular weight is 493 g/mol. The second-order valence-corrected chi connectivity index (χ2v) is 9.81. The van der Waals surface area contributed by atoms with Gasteiger partial charge < -0.3 is 9.88 Å². The van der Waals surface area contributed by atoms with Crippen LogP contribution in [-0.2, 0) is 11.0 Å². The van der Waals surface area contributed by atoms with Crippen LogP contribution < -0.4 is 5.32 Å². The standard InChI is InChI=1S/C23H20ClF3N4OS/c24-15-8-11-18(17(12-15)23(25,26)27)28-21(32)19(13-4-2-1-3-5-13)33-22-30-29-20(14-6-7-14)31(22)16-9-10-16/h1-5,8,11-12,14,16,19H,6-7,9-10H2,(H,28,32)/t19-/m0/s1. The molecular weight excluding hydrogens is 473 g/mol. The number of amides is 1. The van der Waals surface area contributed by atoms with Gasteiger partial charge in [-0.05, 0) is 49.4 Å². The SMILES string of the molecule is O=C(Nc1ccc(Cl)cc1C(F)(F)F)[C@@H](Sc1nnc(C2CC2)n1C1CC1)c1ccccc1. The van der Waals surface area contributed by atoms with Gasteiger partial charge in [0, 0.05) is 17.0 Å². The molecule has 0 radical (unpaired) electrons. The highest BCUT2D eigenvalue weighted by Crippen LogP contribution is 2.48. The van der Waals surface area contributed by atoms with E-state index >= 15 is 0 Å². The highest BCUT2D eigenvalue weighted by molar-refractivity contribution is 8.00. The molecule has 172 valence electrons. The third-order valence-electron chi connectivity index (χ3n) is 5.65. The largest absolute Gasteiger partial charge is 0.418 e. The smallest absolute Gasteiger partial charge is 0.324 e. The predicted molar refractivity (Wildman–Crippen MR) is 120 cm³/mol.